The van der Waals surface area contributed by atoms with Gasteiger partial charge in [0.15, 0.2) is 15.2 Å². The van der Waals surface area contributed by atoms with E-state index in [9.17, 15) is 25.9 Å². The number of fused-ring (bicyclic) bond motifs is 2. The zero-order valence-electron chi connectivity index (χ0n) is 18.8. The molecule has 0 bridgehead atoms. The summed E-state index contributed by atoms with van der Waals surface area (Å²) in [5.74, 6) is -0.547. The first-order valence-corrected chi connectivity index (χ1v) is 13.8. The van der Waals surface area contributed by atoms with Crippen molar-refractivity contribution in [1.29, 1.82) is 0 Å². The van der Waals surface area contributed by atoms with E-state index in [1.54, 1.807) is 26.0 Å². The third kappa shape index (κ3) is 7.32. The quantitative estimate of drug-likeness (QED) is 0.188. The second-order valence-corrected chi connectivity index (χ2v) is 11.0. The molecular weight excluding hydrogens is 535 g/mol. The van der Waals surface area contributed by atoms with Crippen LogP contribution in [0.25, 0.3) is 16.5 Å². The summed E-state index contributed by atoms with van der Waals surface area (Å²) in [6, 6.07) is 3.21. The molecule has 0 atom stereocenters. The van der Waals surface area contributed by atoms with E-state index in [0.29, 0.717) is 42.8 Å². The molecule has 0 saturated heterocycles. The van der Waals surface area contributed by atoms with E-state index in [2.05, 4.69) is 26.3 Å². The molecule has 0 N–H and O–H groups in total. The SMILES string of the molecule is C=C.C=C.Cc1cc2c(o1)SC(=Cc1sc3oc(C)cc3[n+]1CS(=O)(=O)[O-])N2CS(=O)(=O)[O-].[Na+]. The molecule has 1 aliphatic heterocycles. The van der Waals surface area contributed by atoms with Gasteiger partial charge in [0.2, 0.25) is 5.88 Å². The largest absolute Gasteiger partial charge is 1.00 e. The number of thioether (sulfide) groups is 1. The number of aromatic nitrogens is 1. The van der Waals surface area contributed by atoms with Gasteiger partial charge in [0.1, 0.15) is 27.5 Å². The van der Waals surface area contributed by atoms with Crippen molar-refractivity contribution in [2.75, 3.05) is 10.8 Å². The Hall–Kier alpha value is -1.36. The Labute approximate surface area is 228 Å². The van der Waals surface area contributed by atoms with Crippen LogP contribution in [0.5, 0.6) is 0 Å². The van der Waals surface area contributed by atoms with Crippen molar-refractivity contribution < 1.29 is 68.9 Å². The van der Waals surface area contributed by atoms with E-state index in [1.807, 2.05) is 0 Å². The minimum absolute atomic E-state index is 0. The van der Waals surface area contributed by atoms with Crippen molar-refractivity contribution in [3.05, 3.63) is 60.0 Å². The maximum atomic E-state index is 11.4. The molecule has 0 radical (unpaired) electrons. The standard InChI is InChI=1S/C15H14N2O8S4.2C2H4.Na/c1-8-3-10-14(24-8)26-12(16(10)6-28(18,19)20)5-13-17(7-29(21,22)23)11-4-9(2)25-15(11)27-13;2*1-2;/h3-5H,6-7H2,1-2H3,(H-,18,19,20,21,22,23);2*1-2H2;/q;;;+1/p-1. The number of thiazole rings is 1. The maximum absolute atomic E-state index is 11.4. The summed E-state index contributed by atoms with van der Waals surface area (Å²) in [6.45, 7) is 15.4. The minimum atomic E-state index is -4.61. The molecule has 34 heavy (non-hydrogen) atoms. The second-order valence-electron chi connectivity index (χ2n) is 6.31. The Balaban J connectivity index is 0.00000110. The predicted octanol–water partition coefficient (Wildman–Crippen LogP) is 0.516. The van der Waals surface area contributed by atoms with Gasteiger partial charge < -0.3 is 22.8 Å². The summed E-state index contributed by atoms with van der Waals surface area (Å²) in [6.07, 6.45) is 1.50. The van der Waals surface area contributed by atoms with Crippen LogP contribution in [0.1, 0.15) is 16.5 Å². The van der Waals surface area contributed by atoms with E-state index in [-0.39, 0.29) is 29.6 Å². The first kappa shape index (κ1) is 30.7. The van der Waals surface area contributed by atoms with Gasteiger partial charge in [0, 0.05) is 6.07 Å². The average molecular weight is 557 g/mol. The van der Waals surface area contributed by atoms with Gasteiger partial charge in [-0.3, -0.25) is 0 Å². The van der Waals surface area contributed by atoms with Crippen molar-refractivity contribution in [1.82, 2.24) is 0 Å². The topological polar surface area (TPSA) is 148 Å². The number of hydrogen-bond acceptors (Lipinski definition) is 11. The molecule has 4 rings (SSSR count). The van der Waals surface area contributed by atoms with Crippen LogP contribution in [0.2, 0.25) is 0 Å². The molecule has 0 spiro atoms. The first-order valence-electron chi connectivity index (χ1n) is 8.97. The second kappa shape index (κ2) is 12.1. The molecule has 0 amide bonds. The van der Waals surface area contributed by atoms with E-state index in [1.165, 1.54) is 15.5 Å². The molecule has 0 saturated carbocycles. The van der Waals surface area contributed by atoms with Crippen molar-refractivity contribution >= 4 is 65.5 Å². The van der Waals surface area contributed by atoms with E-state index >= 15 is 0 Å². The number of aryl methyl sites for hydroxylation is 2. The predicted molar refractivity (Wildman–Crippen MR) is 126 cm³/mol. The Morgan fingerprint density at radius 3 is 2.18 bits per heavy atom. The fraction of sp³-hybridized carbons (Fsp3) is 0.211. The fourth-order valence-corrected chi connectivity index (χ4v) is 6.51. The Kier molecular flexibility index (Phi) is 10.9. The monoisotopic (exact) mass is 556 g/mol. The first-order chi connectivity index (χ1) is 15.4. The zero-order valence-corrected chi connectivity index (χ0v) is 24.0. The van der Waals surface area contributed by atoms with Crippen molar-refractivity contribution in [3.63, 3.8) is 0 Å². The fourth-order valence-electron chi connectivity index (χ4n) is 2.92. The molecule has 0 aliphatic carbocycles. The van der Waals surface area contributed by atoms with Crippen LogP contribution in [-0.4, -0.2) is 31.8 Å². The number of furan rings is 2. The van der Waals surface area contributed by atoms with Crippen LogP contribution in [0, 0.1) is 13.8 Å². The van der Waals surface area contributed by atoms with Crippen molar-refractivity contribution in [2.24, 2.45) is 0 Å². The molecule has 1 aliphatic rings. The normalized spacial score (nSPS) is 14.1. The van der Waals surface area contributed by atoms with Gasteiger partial charge in [0.05, 0.1) is 22.9 Å². The Bertz CT molecular complexity index is 1400. The maximum Gasteiger partial charge on any atom is 1.00 e. The van der Waals surface area contributed by atoms with Gasteiger partial charge >= 0.3 is 29.6 Å². The van der Waals surface area contributed by atoms with Crippen LogP contribution < -0.4 is 39.0 Å². The third-order valence-electron chi connectivity index (χ3n) is 3.94. The minimum Gasteiger partial charge on any atom is -0.747 e. The van der Waals surface area contributed by atoms with E-state index in [4.69, 9.17) is 8.83 Å². The summed E-state index contributed by atoms with van der Waals surface area (Å²) in [5, 5.41) is 1.10. The molecule has 10 nitrogen and oxygen atoms in total. The zero-order chi connectivity index (χ0) is 25.1. The van der Waals surface area contributed by atoms with Crippen molar-refractivity contribution in [3.8, 4) is 0 Å². The molecule has 4 heterocycles. The summed E-state index contributed by atoms with van der Waals surface area (Å²) in [5.41, 5.74) is 0.856. The molecule has 180 valence electrons. The molecular formula is C19H21N2NaO8S4. The molecule has 15 heteroatoms. The smallest absolute Gasteiger partial charge is 0.747 e. The Morgan fingerprint density at radius 1 is 1.03 bits per heavy atom. The van der Waals surface area contributed by atoms with Gasteiger partial charge in [0.25, 0.3) is 15.4 Å². The molecule has 0 aromatic carbocycles. The van der Waals surface area contributed by atoms with Crippen LogP contribution >= 0.6 is 23.1 Å². The number of rotatable bonds is 5. The van der Waals surface area contributed by atoms with E-state index in [0.717, 1.165) is 23.1 Å². The van der Waals surface area contributed by atoms with Gasteiger partial charge in [-0.15, -0.1) is 26.3 Å². The third-order valence-corrected chi connectivity index (χ3v) is 7.13. The number of anilines is 1. The molecule has 0 fully saturated rings. The van der Waals surface area contributed by atoms with Gasteiger partial charge in [-0.05, 0) is 36.9 Å². The Morgan fingerprint density at radius 2 is 1.62 bits per heavy atom. The van der Waals surface area contributed by atoms with E-state index < -0.39 is 32.0 Å². The average Bonchev–Trinajstić information content (AvgIpc) is 3.40. The molecule has 3 aromatic heterocycles. The van der Waals surface area contributed by atoms with Crippen LogP contribution in [0.4, 0.5) is 5.69 Å². The number of hydrogen-bond donors (Lipinski definition) is 0. The summed E-state index contributed by atoms with van der Waals surface area (Å²) >= 11 is 2.19. The molecule has 3 aromatic rings. The van der Waals surface area contributed by atoms with Crippen LogP contribution in [-0.2, 0) is 26.1 Å². The van der Waals surface area contributed by atoms with Crippen LogP contribution in [0.15, 0.2) is 57.4 Å². The van der Waals surface area contributed by atoms with Gasteiger partial charge in [-0.1, -0.05) is 0 Å². The number of nitrogens with zero attached hydrogens (tertiary/aromatic N) is 2. The van der Waals surface area contributed by atoms with Crippen LogP contribution in [0.3, 0.4) is 0 Å². The summed E-state index contributed by atoms with van der Waals surface area (Å²) in [7, 11) is -9.22. The summed E-state index contributed by atoms with van der Waals surface area (Å²) in [4.78, 5) is 1.69. The van der Waals surface area contributed by atoms with Crippen molar-refractivity contribution in [2.45, 2.75) is 24.8 Å². The molecule has 0 unspecified atom stereocenters. The summed E-state index contributed by atoms with van der Waals surface area (Å²) < 4.78 is 80.7. The van der Waals surface area contributed by atoms with Gasteiger partial charge in [-0.2, -0.15) is 4.57 Å². The van der Waals surface area contributed by atoms with Gasteiger partial charge in [-0.25, -0.2) is 16.8 Å².